The first-order valence-electron chi connectivity index (χ1n) is 13.1. The quantitative estimate of drug-likeness (QED) is 0.509. The maximum atomic E-state index is 12.4. The standard InChI is InChI=1S/C28H35N5O3/c1-18-9-11-20(12-10-18)26-25(23(36-28(29)35)16-19-6-3-2-4-7-19)31-24-14-13-22(32-33(24)26)17-21-8-5-15-30-27(21)34/h2-4,6-7,13-14,18,20-21,23H,5,8-12,15-17H2,1H3,(H2,29,35)(H,30,34)/t18?,20?,21-,23-/m0/s1. The van der Waals surface area contributed by atoms with Crippen LogP contribution in [-0.4, -0.2) is 33.1 Å². The second-order valence-electron chi connectivity index (χ2n) is 10.4. The van der Waals surface area contributed by atoms with Crippen molar-refractivity contribution in [3.8, 4) is 0 Å². The summed E-state index contributed by atoms with van der Waals surface area (Å²) in [6.07, 6.45) is 5.88. The summed E-state index contributed by atoms with van der Waals surface area (Å²) in [5, 5.41) is 7.96. The summed E-state index contributed by atoms with van der Waals surface area (Å²) >= 11 is 0. The number of piperidine rings is 1. The minimum atomic E-state index is -0.812. The smallest absolute Gasteiger partial charge is 0.405 e. The van der Waals surface area contributed by atoms with E-state index in [1.54, 1.807) is 0 Å². The molecule has 1 aromatic carbocycles. The van der Waals surface area contributed by atoms with Crippen LogP contribution in [-0.2, 0) is 22.4 Å². The number of amides is 2. The normalized spacial score (nSPS) is 23.2. The van der Waals surface area contributed by atoms with E-state index in [0.717, 1.165) is 73.4 Å². The van der Waals surface area contributed by atoms with Crippen molar-refractivity contribution in [2.75, 3.05) is 6.54 Å². The fourth-order valence-corrected chi connectivity index (χ4v) is 5.71. The molecule has 36 heavy (non-hydrogen) atoms. The van der Waals surface area contributed by atoms with Crippen LogP contribution in [0.25, 0.3) is 5.65 Å². The highest BCUT2D eigenvalue weighted by atomic mass is 16.6. The van der Waals surface area contributed by atoms with E-state index in [0.29, 0.717) is 18.8 Å². The lowest BCUT2D eigenvalue weighted by Crippen LogP contribution is -2.37. The largest absolute Gasteiger partial charge is 0.439 e. The molecule has 8 heteroatoms. The number of rotatable bonds is 7. The average Bonchev–Trinajstić information content (AvgIpc) is 3.25. The molecule has 0 radical (unpaired) electrons. The van der Waals surface area contributed by atoms with E-state index in [2.05, 4.69) is 12.2 Å². The molecule has 2 aromatic heterocycles. The minimum absolute atomic E-state index is 0.0605. The Balaban J connectivity index is 1.55. The van der Waals surface area contributed by atoms with Gasteiger partial charge in [0.2, 0.25) is 5.91 Å². The number of ether oxygens (including phenoxy) is 1. The maximum Gasteiger partial charge on any atom is 0.405 e. The van der Waals surface area contributed by atoms with Crippen molar-refractivity contribution < 1.29 is 14.3 Å². The molecular weight excluding hydrogens is 454 g/mol. The second-order valence-corrected chi connectivity index (χ2v) is 10.4. The predicted molar refractivity (Wildman–Crippen MR) is 136 cm³/mol. The van der Waals surface area contributed by atoms with Gasteiger partial charge in [0.1, 0.15) is 5.69 Å². The Hall–Kier alpha value is -3.42. The summed E-state index contributed by atoms with van der Waals surface area (Å²) in [6, 6.07) is 13.9. The van der Waals surface area contributed by atoms with Gasteiger partial charge in [-0.05, 0) is 49.3 Å². The Morgan fingerprint density at radius 2 is 1.92 bits per heavy atom. The van der Waals surface area contributed by atoms with Crippen molar-refractivity contribution in [1.82, 2.24) is 19.9 Å². The number of nitrogens with one attached hydrogen (secondary N) is 1. The molecule has 3 heterocycles. The predicted octanol–water partition coefficient (Wildman–Crippen LogP) is 4.47. The number of aromatic nitrogens is 3. The van der Waals surface area contributed by atoms with Crippen LogP contribution in [0.3, 0.4) is 0 Å². The van der Waals surface area contributed by atoms with Crippen molar-refractivity contribution in [2.24, 2.45) is 17.6 Å². The first-order chi connectivity index (χ1) is 17.5. The lowest BCUT2D eigenvalue weighted by molar-refractivity contribution is -0.126. The summed E-state index contributed by atoms with van der Waals surface area (Å²) in [5.41, 5.74) is 9.90. The summed E-state index contributed by atoms with van der Waals surface area (Å²) in [4.78, 5) is 29.2. The van der Waals surface area contributed by atoms with E-state index >= 15 is 0 Å². The van der Waals surface area contributed by atoms with Gasteiger partial charge in [-0.15, -0.1) is 0 Å². The van der Waals surface area contributed by atoms with Crippen LogP contribution in [0.1, 0.15) is 80.1 Å². The zero-order valence-corrected chi connectivity index (χ0v) is 20.9. The van der Waals surface area contributed by atoms with Crippen LogP contribution in [0.5, 0.6) is 0 Å². The molecule has 1 aliphatic carbocycles. The molecule has 3 N–H and O–H groups in total. The lowest BCUT2D eigenvalue weighted by Gasteiger charge is -2.27. The number of benzene rings is 1. The van der Waals surface area contributed by atoms with E-state index in [4.69, 9.17) is 20.6 Å². The first kappa shape index (κ1) is 24.3. The summed E-state index contributed by atoms with van der Waals surface area (Å²) in [7, 11) is 0. The van der Waals surface area contributed by atoms with Crippen LogP contribution in [0, 0.1) is 11.8 Å². The van der Waals surface area contributed by atoms with Crippen molar-refractivity contribution in [2.45, 2.75) is 70.3 Å². The Morgan fingerprint density at radius 3 is 2.64 bits per heavy atom. The highest BCUT2D eigenvalue weighted by molar-refractivity contribution is 5.79. The molecular formula is C28H35N5O3. The molecule has 2 aliphatic rings. The Bertz CT molecular complexity index is 1220. The van der Waals surface area contributed by atoms with Crippen molar-refractivity contribution in [1.29, 1.82) is 0 Å². The fraction of sp³-hybridized carbons (Fsp3) is 0.500. The third-order valence-corrected chi connectivity index (χ3v) is 7.68. The van der Waals surface area contributed by atoms with Crippen LogP contribution in [0.4, 0.5) is 4.79 Å². The molecule has 5 rings (SSSR count). The Kier molecular flexibility index (Phi) is 7.20. The second kappa shape index (κ2) is 10.7. The Morgan fingerprint density at radius 1 is 1.14 bits per heavy atom. The topological polar surface area (TPSA) is 112 Å². The molecule has 0 spiro atoms. The van der Waals surface area contributed by atoms with Gasteiger partial charge in [-0.25, -0.2) is 14.3 Å². The number of carbonyl (C=O) groups excluding carboxylic acids is 2. The van der Waals surface area contributed by atoms with Gasteiger partial charge in [-0.3, -0.25) is 4.79 Å². The van der Waals surface area contributed by atoms with Gasteiger partial charge < -0.3 is 15.8 Å². The summed E-state index contributed by atoms with van der Waals surface area (Å²) in [5.74, 6) is 1.00. The summed E-state index contributed by atoms with van der Waals surface area (Å²) < 4.78 is 7.61. The molecule has 1 saturated heterocycles. The van der Waals surface area contributed by atoms with E-state index in [1.165, 1.54) is 0 Å². The number of nitrogens with zero attached hydrogens (tertiary/aromatic N) is 3. The van der Waals surface area contributed by atoms with Crippen LogP contribution in [0.2, 0.25) is 0 Å². The highest BCUT2D eigenvalue weighted by Gasteiger charge is 2.32. The third-order valence-electron chi connectivity index (χ3n) is 7.68. The molecule has 2 fully saturated rings. The molecule has 0 bridgehead atoms. The monoisotopic (exact) mass is 489 g/mol. The molecule has 2 amide bonds. The first-order valence-corrected chi connectivity index (χ1v) is 13.1. The zero-order chi connectivity index (χ0) is 25.1. The maximum absolute atomic E-state index is 12.4. The van der Waals surface area contributed by atoms with Gasteiger partial charge >= 0.3 is 6.09 Å². The SMILES string of the molecule is CC1CCC(c2c([C@H](Cc3ccccc3)OC(N)=O)nc3ccc(C[C@@H]4CCCNC4=O)nn23)CC1. The zero-order valence-electron chi connectivity index (χ0n) is 20.9. The molecule has 190 valence electrons. The number of fused-ring (bicyclic) bond motifs is 1. The lowest BCUT2D eigenvalue weighted by atomic mass is 9.80. The minimum Gasteiger partial charge on any atom is -0.439 e. The number of carbonyl (C=O) groups is 2. The summed E-state index contributed by atoms with van der Waals surface area (Å²) in [6.45, 7) is 3.05. The number of hydrogen-bond donors (Lipinski definition) is 2. The van der Waals surface area contributed by atoms with E-state index in [1.807, 2.05) is 47.0 Å². The molecule has 0 unspecified atom stereocenters. The number of primary amides is 1. The number of imidazole rings is 1. The molecule has 1 saturated carbocycles. The van der Waals surface area contributed by atoms with Gasteiger partial charge in [-0.2, -0.15) is 5.10 Å². The van der Waals surface area contributed by atoms with E-state index in [9.17, 15) is 9.59 Å². The van der Waals surface area contributed by atoms with Crippen LogP contribution >= 0.6 is 0 Å². The van der Waals surface area contributed by atoms with Gasteiger partial charge in [0.15, 0.2) is 11.8 Å². The highest BCUT2D eigenvalue weighted by Crippen LogP contribution is 2.40. The molecule has 2 atom stereocenters. The van der Waals surface area contributed by atoms with E-state index < -0.39 is 12.2 Å². The van der Waals surface area contributed by atoms with Gasteiger partial charge in [0, 0.05) is 31.2 Å². The third kappa shape index (κ3) is 5.37. The van der Waals surface area contributed by atoms with Crippen molar-refractivity contribution in [3.05, 3.63) is 65.1 Å². The van der Waals surface area contributed by atoms with Crippen LogP contribution in [0.15, 0.2) is 42.5 Å². The number of nitrogens with two attached hydrogens (primary N) is 1. The Labute approximate surface area is 211 Å². The van der Waals surface area contributed by atoms with E-state index in [-0.39, 0.29) is 17.7 Å². The average molecular weight is 490 g/mol. The fourth-order valence-electron chi connectivity index (χ4n) is 5.71. The molecule has 3 aromatic rings. The van der Waals surface area contributed by atoms with Crippen molar-refractivity contribution >= 4 is 17.6 Å². The van der Waals surface area contributed by atoms with Gasteiger partial charge in [0.25, 0.3) is 0 Å². The van der Waals surface area contributed by atoms with Gasteiger partial charge in [-0.1, -0.05) is 50.1 Å². The van der Waals surface area contributed by atoms with Crippen molar-refractivity contribution in [3.63, 3.8) is 0 Å². The van der Waals surface area contributed by atoms with Crippen LogP contribution < -0.4 is 11.1 Å². The van der Waals surface area contributed by atoms with Gasteiger partial charge in [0.05, 0.1) is 11.4 Å². The number of hydrogen-bond acceptors (Lipinski definition) is 5. The molecule has 8 nitrogen and oxygen atoms in total. The molecule has 1 aliphatic heterocycles.